The number of nitriles is 1. The summed E-state index contributed by atoms with van der Waals surface area (Å²) in [6, 6.07) is 2.29. The lowest BCUT2D eigenvalue weighted by molar-refractivity contribution is -0.125. The van der Waals surface area contributed by atoms with Gasteiger partial charge in [0, 0.05) is 24.7 Å². The second kappa shape index (κ2) is 6.73. The van der Waals surface area contributed by atoms with Crippen LogP contribution in [-0.4, -0.2) is 47.6 Å². The average molecular weight is 320 g/mol. The van der Waals surface area contributed by atoms with E-state index in [-0.39, 0.29) is 12.0 Å². The molecule has 1 aromatic rings. The molecule has 1 saturated carbocycles. The highest BCUT2D eigenvalue weighted by molar-refractivity contribution is 7.09. The molecule has 0 bridgehead atoms. The maximum Gasteiger partial charge on any atom is 0.235 e. The van der Waals surface area contributed by atoms with Crippen molar-refractivity contribution in [3.63, 3.8) is 0 Å². The van der Waals surface area contributed by atoms with Gasteiger partial charge in [-0.1, -0.05) is 0 Å². The standard InChI is InChI=1S/C15H20N4O2S/c16-11-15(3-1-2-4-15)18-13(20)10-19-6-7-21-12(9-19)14-17-5-8-22-14/h5,8,12H,1-4,6-7,9-10H2,(H,18,20)/t12-/m1/s1. The van der Waals surface area contributed by atoms with E-state index in [0.717, 1.165) is 37.2 Å². The maximum atomic E-state index is 12.3. The molecule has 22 heavy (non-hydrogen) atoms. The Labute approximate surface area is 134 Å². The van der Waals surface area contributed by atoms with Crippen LogP contribution in [-0.2, 0) is 9.53 Å². The van der Waals surface area contributed by atoms with Gasteiger partial charge < -0.3 is 10.1 Å². The molecular formula is C15H20N4O2S. The quantitative estimate of drug-likeness (QED) is 0.909. The lowest BCUT2D eigenvalue weighted by Gasteiger charge is -2.32. The van der Waals surface area contributed by atoms with Crippen LogP contribution in [0.15, 0.2) is 11.6 Å². The molecule has 1 saturated heterocycles. The molecule has 2 fully saturated rings. The first kappa shape index (κ1) is 15.4. The zero-order valence-corrected chi connectivity index (χ0v) is 13.3. The Balaban J connectivity index is 1.54. The summed E-state index contributed by atoms with van der Waals surface area (Å²) in [7, 11) is 0. The number of carbonyl (C=O) groups excluding carboxylic acids is 1. The van der Waals surface area contributed by atoms with Crippen molar-refractivity contribution in [1.82, 2.24) is 15.2 Å². The van der Waals surface area contributed by atoms with Crippen LogP contribution in [0.2, 0.25) is 0 Å². The minimum atomic E-state index is -0.641. The first-order chi connectivity index (χ1) is 10.7. The molecule has 1 aromatic heterocycles. The van der Waals surface area contributed by atoms with Gasteiger partial charge in [-0.25, -0.2) is 4.98 Å². The fourth-order valence-electron chi connectivity index (χ4n) is 3.14. The zero-order valence-electron chi connectivity index (χ0n) is 12.5. The van der Waals surface area contributed by atoms with E-state index in [1.165, 1.54) is 0 Å². The molecule has 1 atom stereocenters. The molecule has 1 aliphatic heterocycles. The highest BCUT2D eigenvalue weighted by atomic mass is 32.1. The Hall–Kier alpha value is -1.49. The molecule has 0 radical (unpaired) electrons. The van der Waals surface area contributed by atoms with Gasteiger partial charge in [0.25, 0.3) is 0 Å². The molecular weight excluding hydrogens is 300 g/mol. The fraction of sp³-hybridized carbons (Fsp3) is 0.667. The molecule has 7 heteroatoms. The molecule has 1 N–H and O–H groups in total. The van der Waals surface area contributed by atoms with Gasteiger partial charge in [0.1, 0.15) is 16.7 Å². The van der Waals surface area contributed by atoms with Gasteiger partial charge in [-0.2, -0.15) is 5.26 Å². The number of rotatable bonds is 4. The van der Waals surface area contributed by atoms with Crippen molar-refractivity contribution < 1.29 is 9.53 Å². The van der Waals surface area contributed by atoms with Crippen molar-refractivity contribution in [1.29, 1.82) is 5.26 Å². The molecule has 0 unspecified atom stereocenters. The summed E-state index contributed by atoms with van der Waals surface area (Å²) in [5.41, 5.74) is -0.641. The van der Waals surface area contributed by atoms with E-state index in [0.29, 0.717) is 19.7 Å². The third kappa shape index (κ3) is 3.46. The van der Waals surface area contributed by atoms with E-state index in [1.807, 2.05) is 5.38 Å². The Morgan fingerprint density at radius 3 is 3.09 bits per heavy atom. The van der Waals surface area contributed by atoms with Crippen LogP contribution < -0.4 is 5.32 Å². The predicted molar refractivity (Wildman–Crippen MR) is 82.2 cm³/mol. The number of morpholine rings is 1. The molecule has 3 rings (SSSR count). The Kier molecular flexibility index (Phi) is 4.71. The minimum Gasteiger partial charge on any atom is -0.368 e. The lowest BCUT2D eigenvalue weighted by Crippen LogP contribution is -2.50. The molecule has 1 amide bonds. The van der Waals surface area contributed by atoms with Gasteiger partial charge in [-0.15, -0.1) is 11.3 Å². The van der Waals surface area contributed by atoms with Gasteiger partial charge in [0.2, 0.25) is 5.91 Å². The third-order valence-electron chi connectivity index (χ3n) is 4.29. The van der Waals surface area contributed by atoms with E-state index in [9.17, 15) is 10.1 Å². The third-order valence-corrected chi connectivity index (χ3v) is 5.16. The van der Waals surface area contributed by atoms with E-state index < -0.39 is 5.54 Å². The highest BCUT2D eigenvalue weighted by Gasteiger charge is 2.36. The van der Waals surface area contributed by atoms with E-state index in [4.69, 9.17) is 4.74 Å². The van der Waals surface area contributed by atoms with Gasteiger partial charge >= 0.3 is 0 Å². The second-order valence-corrected chi connectivity index (χ2v) is 6.84. The van der Waals surface area contributed by atoms with Crippen molar-refractivity contribution in [3.05, 3.63) is 16.6 Å². The first-order valence-electron chi connectivity index (χ1n) is 7.66. The normalized spacial score (nSPS) is 24.8. The number of nitrogens with one attached hydrogen (secondary N) is 1. The van der Waals surface area contributed by atoms with Gasteiger partial charge in [-0.3, -0.25) is 9.69 Å². The summed E-state index contributed by atoms with van der Waals surface area (Å²) < 4.78 is 5.73. The number of ether oxygens (including phenoxy) is 1. The molecule has 118 valence electrons. The van der Waals surface area contributed by atoms with Crippen molar-refractivity contribution in [3.8, 4) is 6.07 Å². The molecule has 2 heterocycles. The number of hydrogen-bond donors (Lipinski definition) is 1. The van der Waals surface area contributed by atoms with Crippen molar-refractivity contribution >= 4 is 17.2 Å². The topological polar surface area (TPSA) is 78.2 Å². The summed E-state index contributed by atoms with van der Waals surface area (Å²) in [6.45, 7) is 2.31. The molecule has 0 aromatic carbocycles. The Morgan fingerprint density at radius 2 is 2.41 bits per heavy atom. The number of hydrogen-bond acceptors (Lipinski definition) is 6. The molecule has 6 nitrogen and oxygen atoms in total. The zero-order chi connectivity index (χ0) is 15.4. The number of nitrogens with zero attached hydrogens (tertiary/aromatic N) is 3. The first-order valence-corrected chi connectivity index (χ1v) is 8.54. The van der Waals surface area contributed by atoms with Crippen LogP contribution >= 0.6 is 11.3 Å². The lowest BCUT2D eigenvalue weighted by atomic mass is 10.00. The average Bonchev–Trinajstić information content (AvgIpc) is 3.19. The summed E-state index contributed by atoms with van der Waals surface area (Å²) in [6.07, 6.45) is 5.26. The number of aromatic nitrogens is 1. The van der Waals surface area contributed by atoms with E-state index >= 15 is 0 Å². The Morgan fingerprint density at radius 1 is 1.59 bits per heavy atom. The second-order valence-electron chi connectivity index (χ2n) is 5.91. The number of amides is 1. The molecule has 2 aliphatic rings. The van der Waals surface area contributed by atoms with Gasteiger partial charge in [0.05, 0.1) is 19.2 Å². The summed E-state index contributed by atoms with van der Waals surface area (Å²) >= 11 is 1.57. The van der Waals surface area contributed by atoms with Gasteiger partial charge in [-0.05, 0) is 25.7 Å². The Bertz CT molecular complexity index is 548. The minimum absolute atomic E-state index is 0.0574. The van der Waals surface area contributed by atoms with Crippen molar-refractivity contribution in [2.24, 2.45) is 0 Å². The fourth-order valence-corrected chi connectivity index (χ4v) is 3.82. The largest absolute Gasteiger partial charge is 0.368 e. The SMILES string of the molecule is N#CC1(NC(=O)CN2CCO[C@@H](c3nccs3)C2)CCCC1. The smallest absolute Gasteiger partial charge is 0.235 e. The van der Waals surface area contributed by atoms with Gasteiger partial charge in [0.15, 0.2) is 0 Å². The van der Waals surface area contributed by atoms with Crippen molar-refractivity contribution in [2.75, 3.05) is 26.2 Å². The van der Waals surface area contributed by atoms with E-state index in [2.05, 4.69) is 21.3 Å². The molecule has 1 aliphatic carbocycles. The van der Waals surface area contributed by atoms with Crippen LogP contribution in [0, 0.1) is 11.3 Å². The van der Waals surface area contributed by atoms with Crippen LogP contribution in [0.3, 0.4) is 0 Å². The van der Waals surface area contributed by atoms with Crippen LogP contribution in [0.1, 0.15) is 36.8 Å². The highest BCUT2D eigenvalue weighted by Crippen LogP contribution is 2.29. The summed E-state index contributed by atoms with van der Waals surface area (Å²) in [5.74, 6) is -0.0664. The number of thiazole rings is 1. The summed E-state index contributed by atoms with van der Waals surface area (Å²) in [5, 5.41) is 15.2. The van der Waals surface area contributed by atoms with Crippen LogP contribution in [0.5, 0.6) is 0 Å². The van der Waals surface area contributed by atoms with Crippen LogP contribution in [0.4, 0.5) is 0 Å². The van der Waals surface area contributed by atoms with Crippen LogP contribution in [0.25, 0.3) is 0 Å². The predicted octanol–water partition coefficient (Wildman–Crippen LogP) is 1.47. The van der Waals surface area contributed by atoms with Crippen molar-refractivity contribution in [2.45, 2.75) is 37.3 Å². The monoisotopic (exact) mass is 320 g/mol. The number of carbonyl (C=O) groups is 1. The summed E-state index contributed by atoms with van der Waals surface area (Å²) in [4.78, 5) is 18.6. The van der Waals surface area contributed by atoms with E-state index in [1.54, 1.807) is 17.5 Å². The maximum absolute atomic E-state index is 12.3. The molecule has 0 spiro atoms.